The molecule has 1 aromatic carbocycles. The summed E-state index contributed by atoms with van der Waals surface area (Å²) in [4.78, 5) is 24.3. The summed E-state index contributed by atoms with van der Waals surface area (Å²) in [6.07, 6.45) is 5.30. The van der Waals surface area contributed by atoms with Gasteiger partial charge in [0.2, 0.25) is 0 Å². The van der Waals surface area contributed by atoms with Gasteiger partial charge in [0, 0.05) is 36.0 Å². The van der Waals surface area contributed by atoms with Crippen molar-refractivity contribution in [2.45, 2.75) is 39.2 Å². The second-order valence-electron chi connectivity index (χ2n) is 8.51. The van der Waals surface area contributed by atoms with Crippen LogP contribution in [0.5, 0.6) is 0 Å². The monoisotopic (exact) mass is 426 g/mol. The highest BCUT2D eigenvalue weighted by molar-refractivity contribution is 5.76. The molecule has 2 aliphatic rings. The zero-order chi connectivity index (χ0) is 21.7. The minimum absolute atomic E-state index is 0.110. The number of aromatic nitrogens is 3. The van der Waals surface area contributed by atoms with Crippen molar-refractivity contribution in [3.63, 3.8) is 0 Å². The van der Waals surface area contributed by atoms with Crippen LogP contribution in [0.1, 0.15) is 30.5 Å². The molecule has 31 heavy (non-hydrogen) atoms. The molecule has 2 aromatic heterocycles. The highest BCUT2D eigenvalue weighted by Gasteiger charge is 2.30. The topological polar surface area (TPSA) is 59.7 Å². The Hall–Kier alpha value is -2.87. The quantitative estimate of drug-likeness (QED) is 0.637. The van der Waals surface area contributed by atoms with Crippen LogP contribution in [0.15, 0.2) is 29.2 Å². The molecule has 5 rings (SSSR count). The van der Waals surface area contributed by atoms with Crippen LogP contribution in [0.2, 0.25) is 0 Å². The van der Waals surface area contributed by atoms with Crippen molar-refractivity contribution in [3.05, 3.63) is 57.6 Å². The summed E-state index contributed by atoms with van der Waals surface area (Å²) in [7, 11) is 0. The molecule has 162 valence electrons. The number of benzene rings is 1. The maximum Gasteiger partial charge on any atom is 0.261 e. The molecule has 0 N–H and O–H groups in total. The average molecular weight is 426 g/mol. The van der Waals surface area contributed by atoms with Gasteiger partial charge in [0.25, 0.3) is 5.56 Å². The first-order valence-corrected chi connectivity index (χ1v) is 10.6. The third kappa shape index (κ3) is 3.80. The van der Waals surface area contributed by atoms with Gasteiger partial charge in [-0.3, -0.25) is 9.20 Å². The van der Waals surface area contributed by atoms with Crippen LogP contribution in [0.25, 0.3) is 16.9 Å². The van der Waals surface area contributed by atoms with Crippen molar-refractivity contribution < 1.29 is 13.5 Å². The van der Waals surface area contributed by atoms with Gasteiger partial charge in [0.15, 0.2) is 5.65 Å². The van der Waals surface area contributed by atoms with E-state index < -0.39 is 11.6 Å². The van der Waals surface area contributed by atoms with Crippen molar-refractivity contribution in [1.82, 2.24) is 14.4 Å². The van der Waals surface area contributed by atoms with Gasteiger partial charge in [-0.1, -0.05) is 12.8 Å². The summed E-state index contributed by atoms with van der Waals surface area (Å²) in [5, 5.41) is 0. The molecule has 1 atom stereocenters. The van der Waals surface area contributed by atoms with Gasteiger partial charge in [-0.15, -0.1) is 0 Å². The number of fused-ring (bicyclic) bond motifs is 1. The molecule has 1 unspecified atom stereocenters. The number of morpholine rings is 1. The minimum atomic E-state index is -0.743. The molecule has 0 amide bonds. The van der Waals surface area contributed by atoms with Crippen molar-refractivity contribution >= 4 is 11.5 Å². The average Bonchev–Trinajstić information content (AvgIpc) is 3.56. The lowest BCUT2D eigenvalue weighted by atomic mass is 10.1. The van der Waals surface area contributed by atoms with Gasteiger partial charge in [0.1, 0.15) is 23.1 Å². The molecule has 1 aliphatic heterocycles. The summed E-state index contributed by atoms with van der Waals surface area (Å²) >= 11 is 0. The zero-order valence-electron chi connectivity index (χ0n) is 17.6. The van der Waals surface area contributed by atoms with Crippen LogP contribution in [0, 0.1) is 31.4 Å². The fraction of sp³-hybridized carbons (Fsp3) is 0.435. The van der Waals surface area contributed by atoms with Gasteiger partial charge in [-0.05, 0) is 38.3 Å². The first kappa shape index (κ1) is 20.1. The molecule has 8 heteroatoms. The molecular formula is C23H24F2N4O2. The number of halogens is 2. The van der Waals surface area contributed by atoms with Crippen LogP contribution < -0.4 is 10.5 Å². The molecule has 2 fully saturated rings. The molecular weight excluding hydrogens is 402 g/mol. The Bertz CT molecular complexity index is 1220. The van der Waals surface area contributed by atoms with E-state index >= 15 is 0 Å². The van der Waals surface area contributed by atoms with E-state index in [0.29, 0.717) is 36.8 Å². The lowest BCUT2D eigenvalue weighted by molar-refractivity contribution is 0.0314. The van der Waals surface area contributed by atoms with Gasteiger partial charge in [-0.25, -0.2) is 18.7 Å². The SMILES string of the molecule is Cc1nc2c(-c3ccc(F)cc3F)nc(N3CCOC(CC4CC4)C3)cn2c(=O)c1C. The van der Waals surface area contributed by atoms with Crippen LogP contribution >= 0.6 is 0 Å². The maximum atomic E-state index is 14.7. The number of nitrogens with zero attached hydrogens (tertiary/aromatic N) is 4. The van der Waals surface area contributed by atoms with E-state index in [4.69, 9.17) is 9.72 Å². The number of rotatable bonds is 4. The standard InChI is InChI=1S/C23H24F2N4O2/c1-13-14(2)26-22-21(18-6-5-16(24)10-19(18)25)27-20(12-29(22)23(13)30)28-7-8-31-17(11-28)9-15-3-4-15/h5-6,10,12,15,17H,3-4,7-9,11H2,1-2H3. The molecule has 6 nitrogen and oxygen atoms in total. The lowest BCUT2D eigenvalue weighted by Gasteiger charge is -2.34. The molecule has 1 saturated heterocycles. The first-order valence-electron chi connectivity index (χ1n) is 10.6. The van der Waals surface area contributed by atoms with E-state index in [1.165, 1.54) is 29.4 Å². The summed E-state index contributed by atoms with van der Waals surface area (Å²) in [5.74, 6) is -0.124. The third-order valence-electron chi connectivity index (χ3n) is 6.21. The smallest absolute Gasteiger partial charge is 0.261 e. The highest BCUT2D eigenvalue weighted by atomic mass is 19.1. The first-order chi connectivity index (χ1) is 14.9. The predicted molar refractivity (Wildman–Crippen MR) is 113 cm³/mol. The molecule has 3 aromatic rings. The van der Waals surface area contributed by atoms with E-state index in [-0.39, 0.29) is 28.6 Å². The van der Waals surface area contributed by atoms with Crippen molar-refractivity contribution in [2.24, 2.45) is 5.92 Å². The Morgan fingerprint density at radius 3 is 2.74 bits per heavy atom. The van der Waals surface area contributed by atoms with Crippen molar-refractivity contribution in [3.8, 4) is 11.3 Å². The van der Waals surface area contributed by atoms with E-state index in [1.54, 1.807) is 20.0 Å². The van der Waals surface area contributed by atoms with Gasteiger partial charge in [0.05, 0.1) is 18.9 Å². The molecule has 0 bridgehead atoms. The largest absolute Gasteiger partial charge is 0.375 e. The van der Waals surface area contributed by atoms with Crippen LogP contribution in [-0.4, -0.2) is 40.2 Å². The number of hydrogen-bond donors (Lipinski definition) is 0. The fourth-order valence-corrected chi connectivity index (χ4v) is 4.13. The van der Waals surface area contributed by atoms with Gasteiger partial charge >= 0.3 is 0 Å². The van der Waals surface area contributed by atoms with E-state index in [0.717, 1.165) is 18.4 Å². The van der Waals surface area contributed by atoms with Crippen molar-refractivity contribution in [1.29, 1.82) is 0 Å². The molecule has 1 saturated carbocycles. The summed E-state index contributed by atoms with van der Waals surface area (Å²) < 4.78 is 35.6. The van der Waals surface area contributed by atoms with E-state index in [9.17, 15) is 13.6 Å². The highest BCUT2D eigenvalue weighted by Crippen LogP contribution is 2.35. The summed E-state index contributed by atoms with van der Waals surface area (Å²) in [6, 6.07) is 3.34. The van der Waals surface area contributed by atoms with Gasteiger partial charge < -0.3 is 9.64 Å². The van der Waals surface area contributed by atoms with Crippen molar-refractivity contribution in [2.75, 3.05) is 24.6 Å². The summed E-state index contributed by atoms with van der Waals surface area (Å²) in [5.41, 5.74) is 1.44. The third-order valence-corrected chi connectivity index (χ3v) is 6.21. The van der Waals surface area contributed by atoms with Crippen LogP contribution in [0.4, 0.5) is 14.6 Å². The molecule has 0 radical (unpaired) electrons. The normalized spacial score (nSPS) is 19.2. The Morgan fingerprint density at radius 1 is 1.19 bits per heavy atom. The van der Waals surface area contributed by atoms with Crippen LogP contribution in [-0.2, 0) is 4.74 Å². The second kappa shape index (κ2) is 7.67. The van der Waals surface area contributed by atoms with Gasteiger partial charge in [-0.2, -0.15) is 0 Å². The molecule has 0 spiro atoms. The van der Waals surface area contributed by atoms with E-state index in [2.05, 4.69) is 9.88 Å². The minimum Gasteiger partial charge on any atom is -0.375 e. The number of hydrogen-bond acceptors (Lipinski definition) is 5. The summed E-state index contributed by atoms with van der Waals surface area (Å²) in [6.45, 7) is 5.30. The predicted octanol–water partition coefficient (Wildman–Crippen LogP) is 3.66. The van der Waals surface area contributed by atoms with Crippen LogP contribution in [0.3, 0.4) is 0 Å². The number of ether oxygens (including phenoxy) is 1. The zero-order valence-corrected chi connectivity index (χ0v) is 17.6. The Labute approximate surface area is 178 Å². The Kier molecular flexibility index (Phi) is 4.97. The fourth-order valence-electron chi connectivity index (χ4n) is 4.13. The molecule has 3 heterocycles. The number of aryl methyl sites for hydroxylation is 1. The number of anilines is 1. The maximum absolute atomic E-state index is 14.7. The van der Waals surface area contributed by atoms with E-state index in [1.807, 2.05) is 0 Å². The Morgan fingerprint density at radius 2 is 2.00 bits per heavy atom. The second-order valence-corrected chi connectivity index (χ2v) is 8.51. The molecule has 1 aliphatic carbocycles. The Balaban J connectivity index is 1.66. The lowest BCUT2D eigenvalue weighted by Crippen LogP contribution is -2.43.